The molecule has 1 saturated heterocycles. The minimum atomic E-state index is -3.36. The van der Waals surface area contributed by atoms with Crippen molar-refractivity contribution in [1.82, 2.24) is 9.88 Å². The molecule has 2 aromatic rings. The molecule has 0 aliphatic carbocycles. The number of hydrogen-bond acceptors (Lipinski definition) is 6. The molecule has 7 nitrogen and oxygen atoms in total. The van der Waals surface area contributed by atoms with E-state index < -0.39 is 10.0 Å². The number of carbonyl (C=O) groups is 1. The molecule has 0 atom stereocenters. The largest absolute Gasteiger partial charge is 0.378 e. The summed E-state index contributed by atoms with van der Waals surface area (Å²) < 4.78 is 30.8. The van der Waals surface area contributed by atoms with E-state index in [1.165, 1.54) is 11.3 Å². The maximum absolute atomic E-state index is 12.4. The summed E-state index contributed by atoms with van der Waals surface area (Å²) >= 11 is 1.21. The van der Waals surface area contributed by atoms with Crippen molar-refractivity contribution in [3.63, 3.8) is 0 Å². The number of aromatic nitrogens is 1. The number of fused-ring (bicyclic) bond motifs is 1. The molecule has 9 heteroatoms. The van der Waals surface area contributed by atoms with Crippen LogP contribution < -0.4 is 4.72 Å². The number of ether oxygens (including phenoxy) is 1. The van der Waals surface area contributed by atoms with Gasteiger partial charge in [-0.3, -0.25) is 9.52 Å². The lowest BCUT2D eigenvalue weighted by molar-refractivity contribution is 0.0303. The molecule has 0 bridgehead atoms. The van der Waals surface area contributed by atoms with Gasteiger partial charge in [0.2, 0.25) is 10.0 Å². The normalized spacial score (nSPS) is 16.0. The highest BCUT2D eigenvalue weighted by Crippen LogP contribution is 2.27. The number of benzene rings is 1. The first-order valence-electron chi connectivity index (χ1n) is 6.68. The van der Waals surface area contributed by atoms with Crippen LogP contribution in [0.2, 0.25) is 0 Å². The molecule has 0 radical (unpaired) electrons. The second kappa shape index (κ2) is 5.82. The number of rotatable bonds is 3. The third kappa shape index (κ3) is 3.37. The average Bonchev–Trinajstić information content (AvgIpc) is 2.86. The summed E-state index contributed by atoms with van der Waals surface area (Å²) in [7, 11) is -3.36. The summed E-state index contributed by atoms with van der Waals surface area (Å²) in [6.45, 7) is 2.27. The van der Waals surface area contributed by atoms with E-state index in [0.29, 0.717) is 42.5 Å². The van der Waals surface area contributed by atoms with Gasteiger partial charge in [-0.25, -0.2) is 13.4 Å². The van der Waals surface area contributed by atoms with E-state index in [1.807, 2.05) is 0 Å². The first-order chi connectivity index (χ1) is 10.4. The Hall–Kier alpha value is -1.71. The van der Waals surface area contributed by atoms with Gasteiger partial charge in [0.1, 0.15) is 0 Å². The highest BCUT2D eigenvalue weighted by atomic mass is 32.2. The van der Waals surface area contributed by atoms with E-state index in [9.17, 15) is 13.2 Å². The van der Waals surface area contributed by atoms with Gasteiger partial charge < -0.3 is 9.64 Å². The Balaban J connectivity index is 1.87. The Morgan fingerprint density at radius 2 is 2.09 bits per heavy atom. The number of sulfonamides is 1. The fourth-order valence-electron chi connectivity index (χ4n) is 2.21. The van der Waals surface area contributed by atoms with Gasteiger partial charge in [0.05, 0.1) is 29.7 Å². The van der Waals surface area contributed by atoms with Crippen molar-refractivity contribution in [2.75, 3.05) is 37.3 Å². The monoisotopic (exact) mass is 341 g/mol. The van der Waals surface area contributed by atoms with Crippen molar-refractivity contribution in [3.05, 3.63) is 23.8 Å². The summed E-state index contributed by atoms with van der Waals surface area (Å²) in [6, 6.07) is 5.19. The number of amides is 1. The SMILES string of the molecule is CS(=O)(=O)Nc1nc2ccc(C(=O)N3CCOCC3)cc2s1. The standard InChI is InChI=1S/C13H15N3O4S2/c1-22(18,19)15-13-14-10-3-2-9(8-11(10)21-13)12(17)16-4-6-20-7-5-16/h2-3,8H,4-7H2,1H3,(H,14,15). The van der Waals surface area contributed by atoms with Crippen molar-refractivity contribution in [2.45, 2.75) is 0 Å². The Morgan fingerprint density at radius 1 is 1.36 bits per heavy atom. The molecule has 1 aromatic heterocycles. The average molecular weight is 341 g/mol. The second-order valence-electron chi connectivity index (χ2n) is 4.98. The predicted octanol–water partition coefficient (Wildman–Crippen LogP) is 1.14. The number of anilines is 1. The van der Waals surface area contributed by atoms with Crippen LogP contribution in [0.4, 0.5) is 5.13 Å². The van der Waals surface area contributed by atoms with Crippen LogP contribution in [-0.2, 0) is 14.8 Å². The van der Waals surface area contributed by atoms with E-state index in [1.54, 1.807) is 23.1 Å². The molecule has 1 aliphatic rings. The molecule has 3 rings (SSSR count). The molecular weight excluding hydrogens is 326 g/mol. The molecular formula is C13H15N3O4S2. The number of hydrogen-bond donors (Lipinski definition) is 1. The fourth-order valence-corrected chi connectivity index (χ4v) is 3.95. The Bertz CT molecular complexity index is 810. The van der Waals surface area contributed by atoms with E-state index >= 15 is 0 Å². The van der Waals surface area contributed by atoms with Crippen LogP contribution in [0.1, 0.15) is 10.4 Å². The summed E-state index contributed by atoms with van der Waals surface area (Å²) in [5.74, 6) is -0.0452. The smallest absolute Gasteiger partial charge is 0.254 e. The van der Waals surface area contributed by atoms with Gasteiger partial charge in [-0.15, -0.1) is 0 Å². The molecule has 0 unspecified atom stereocenters. The predicted molar refractivity (Wildman–Crippen MR) is 84.8 cm³/mol. The summed E-state index contributed by atoms with van der Waals surface area (Å²) in [6.07, 6.45) is 1.08. The molecule has 1 fully saturated rings. The topological polar surface area (TPSA) is 88.6 Å². The third-order valence-corrected chi connectivity index (χ3v) is 4.83. The van der Waals surface area contributed by atoms with Crippen LogP contribution in [0.5, 0.6) is 0 Å². The highest BCUT2D eigenvalue weighted by Gasteiger charge is 2.19. The van der Waals surface area contributed by atoms with E-state index in [2.05, 4.69) is 9.71 Å². The molecule has 1 aromatic carbocycles. The van der Waals surface area contributed by atoms with Gasteiger partial charge in [0.25, 0.3) is 5.91 Å². The quantitative estimate of drug-likeness (QED) is 0.904. The molecule has 1 amide bonds. The van der Waals surface area contributed by atoms with Crippen LogP contribution in [0.15, 0.2) is 18.2 Å². The van der Waals surface area contributed by atoms with Crippen molar-refractivity contribution in [1.29, 1.82) is 0 Å². The first-order valence-corrected chi connectivity index (χ1v) is 9.38. The van der Waals surface area contributed by atoms with Crippen LogP contribution in [0, 0.1) is 0 Å². The Labute approximate surface area is 132 Å². The minimum Gasteiger partial charge on any atom is -0.378 e. The summed E-state index contributed by atoms with van der Waals surface area (Å²) in [5.41, 5.74) is 1.23. The van der Waals surface area contributed by atoms with Gasteiger partial charge in [-0.1, -0.05) is 11.3 Å². The minimum absolute atomic E-state index is 0.0452. The van der Waals surface area contributed by atoms with Crippen molar-refractivity contribution in [2.24, 2.45) is 0 Å². The van der Waals surface area contributed by atoms with Gasteiger partial charge in [-0.05, 0) is 18.2 Å². The van der Waals surface area contributed by atoms with Gasteiger partial charge >= 0.3 is 0 Å². The molecule has 0 spiro atoms. The van der Waals surface area contributed by atoms with Crippen LogP contribution in [0.3, 0.4) is 0 Å². The molecule has 118 valence electrons. The Kier molecular flexibility index (Phi) is 4.02. The molecule has 1 N–H and O–H groups in total. The van der Waals surface area contributed by atoms with Crippen molar-refractivity contribution >= 4 is 42.6 Å². The molecule has 22 heavy (non-hydrogen) atoms. The number of nitrogens with zero attached hydrogens (tertiary/aromatic N) is 2. The zero-order chi connectivity index (χ0) is 15.7. The van der Waals surface area contributed by atoms with Crippen molar-refractivity contribution in [3.8, 4) is 0 Å². The van der Waals surface area contributed by atoms with Gasteiger partial charge in [0.15, 0.2) is 5.13 Å². The highest BCUT2D eigenvalue weighted by molar-refractivity contribution is 7.92. The number of carbonyl (C=O) groups excluding carboxylic acids is 1. The van der Waals surface area contributed by atoms with Gasteiger partial charge in [-0.2, -0.15) is 0 Å². The molecule has 2 heterocycles. The number of thiazole rings is 1. The number of nitrogens with one attached hydrogen (secondary N) is 1. The summed E-state index contributed by atoms with van der Waals surface area (Å²) in [4.78, 5) is 18.4. The van der Waals surface area contributed by atoms with E-state index in [4.69, 9.17) is 4.74 Å². The first kappa shape index (κ1) is 15.2. The zero-order valence-electron chi connectivity index (χ0n) is 11.9. The summed E-state index contributed by atoms with van der Waals surface area (Å²) in [5, 5.41) is 0.300. The lowest BCUT2D eigenvalue weighted by Gasteiger charge is -2.26. The molecule has 1 aliphatic heterocycles. The van der Waals surface area contributed by atoms with Crippen LogP contribution in [-0.4, -0.2) is 56.8 Å². The van der Waals surface area contributed by atoms with E-state index in [-0.39, 0.29) is 5.91 Å². The van der Waals surface area contributed by atoms with Crippen LogP contribution >= 0.6 is 11.3 Å². The third-order valence-electron chi connectivity index (χ3n) is 3.21. The van der Waals surface area contributed by atoms with E-state index in [0.717, 1.165) is 11.0 Å². The zero-order valence-corrected chi connectivity index (χ0v) is 13.5. The maximum atomic E-state index is 12.4. The molecule has 0 saturated carbocycles. The maximum Gasteiger partial charge on any atom is 0.254 e. The number of morpholine rings is 1. The van der Waals surface area contributed by atoms with Gasteiger partial charge in [0, 0.05) is 18.7 Å². The fraction of sp³-hybridized carbons (Fsp3) is 0.385. The lowest BCUT2D eigenvalue weighted by Crippen LogP contribution is -2.40. The van der Waals surface area contributed by atoms with Crippen LogP contribution in [0.25, 0.3) is 10.2 Å². The lowest BCUT2D eigenvalue weighted by atomic mass is 10.2. The second-order valence-corrected chi connectivity index (χ2v) is 7.76. The Morgan fingerprint density at radius 3 is 2.77 bits per heavy atom. The van der Waals surface area contributed by atoms with Crippen molar-refractivity contribution < 1.29 is 17.9 Å².